The third kappa shape index (κ3) is 4.08. The van der Waals surface area contributed by atoms with Gasteiger partial charge in [-0.1, -0.05) is 53.9 Å². The second-order valence-corrected chi connectivity index (χ2v) is 4.35. The van der Waals surface area contributed by atoms with Crippen LogP contribution in [-0.4, -0.2) is 6.54 Å². The van der Waals surface area contributed by atoms with Crippen LogP contribution < -0.4 is 5.32 Å². The molecule has 0 amide bonds. The average Bonchev–Trinajstić information content (AvgIpc) is 2.42. The highest BCUT2D eigenvalue weighted by molar-refractivity contribution is 5.33. The molecule has 0 bridgehead atoms. The van der Waals surface area contributed by atoms with Gasteiger partial charge < -0.3 is 5.32 Å². The molecule has 0 unspecified atom stereocenters. The molecule has 2 aromatic carbocycles. The average molecular weight is 236 g/mol. The van der Waals surface area contributed by atoms with Gasteiger partial charge in [0.2, 0.25) is 0 Å². The molecule has 0 saturated carbocycles. The first kappa shape index (κ1) is 12.4. The fraction of sp³-hybridized carbons (Fsp3) is 0.176. The molecular weight excluding hydrogens is 218 g/mol. The lowest BCUT2D eigenvalue weighted by Crippen LogP contribution is -2.82. The van der Waals surface area contributed by atoms with Crippen LogP contribution >= 0.6 is 0 Å². The molecule has 1 nitrogen and oxygen atoms in total. The van der Waals surface area contributed by atoms with E-state index < -0.39 is 0 Å². The van der Waals surface area contributed by atoms with Gasteiger partial charge in [0.15, 0.2) is 0 Å². The second kappa shape index (κ2) is 6.64. The van der Waals surface area contributed by atoms with Gasteiger partial charge in [0.1, 0.15) is 13.1 Å². The number of hydrogen-bond donors (Lipinski definition) is 1. The van der Waals surface area contributed by atoms with Crippen LogP contribution in [0.4, 0.5) is 0 Å². The van der Waals surface area contributed by atoms with Crippen LogP contribution in [0.3, 0.4) is 0 Å². The van der Waals surface area contributed by atoms with Crippen LogP contribution in [0.15, 0.2) is 54.6 Å². The number of rotatable bonds is 3. The minimum atomic E-state index is 0.836. The summed E-state index contributed by atoms with van der Waals surface area (Å²) in [4.78, 5) is 0. The Morgan fingerprint density at radius 2 is 1.67 bits per heavy atom. The third-order valence-corrected chi connectivity index (χ3v) is 2.75. The summed E-state index contributed by atoms with van der Waals surface area (Å²) in [6.45, 7) is 3.94. The van der Waals surface area contributed by atoms with Gasteiger partial charge in [-0.15, -0.1) is 0 Å². The van der Waals surface area contributed by atoms with E-state index in [0.717, 1.165) is 18.7 Å². The molecule has 2 rings (SSSR count). The Morgan fingerprint density at radius 1 is 0.944 bits per heavy atom. The summed E-state index contributed by atoms with van der Waals surface area (Å²) in [6.07, 6.45) is 0. The predicted octanol–water partition coefficient (Wildman–Crippen LogP) is 2.11. The summed E-state index contributed by atoms with van der Waals surface area (Å²) < 4.78 is 0. The molecule has 0 fully saturated rings. The van der Waals surface area contributed by atoms with E-state index in [1.54, 1.807) is 0 Å². The Hall–Kier alpha value is -2.04. The maximum Gasteiger partial charge on any atom is 0.138 e. The standard InChI is InChI=1S/C17H17N/c1-15-9-11-17(12-10-15)14-18-13-5-8-16-6-3-2-4-7-16/h2-4,6-7,9-12,18H,13-14H2,1H3/p+1. The van der Waals surface area contributed by atoms with E-state index in [-0.39, 0.29) is 0 Å². The number of nitrogens with two attached hydrogens (primary N) is 1. The molecule has 0 spiro atoms. The lowest BCUT2D eigenvalue weighted by atomic mass is 10.1. The van der Waals surface area contributed by atoms with Crippen molar-refractivity contribution in [1.82, 2.24) is 0 Å². The number of aryl methyl sites for hydroxylation is 1. The molecule has 0 aliphatic heterocycles. The van der Waals surface area contributed by atoms with Crippen LogP contribution in [0.25, 0.3) is 0 Å². The lowest BCUT2D eigenvalue weighted by molar-refractivity contribution is -0.660. The summed E-state index contributed by atoms with van der Waals surface area (Å²) in [5.41, 5.74) is 3.74. The van der Waals surface area contributed by atoms with Crippen molar-refractivity contribution < 1.29 is 5.32 Å². The fourth-order valence-electron chi connectivity index (χ4n) is 1.71. The summed E-state index contributed by atoms with van der Waals surface area (Å²) >= 11 is 0. The molecule has 0 aliphatic rings. The van der Waals surface area contributed by atoms with Gasteiger partial charge in [-0.25, -0.2) is 0 Å². The normalized spacial score (nSPS) is 9.61. The van der Waals surface area contributed by atoms with E-state index in [2.05, 4.69) is 48.3 Å². The molecule has 0 saturated heterocycles. The number of hydrogen-bond acceptors (Lipinski definition) is 0. The summed E-state index contributed by atoms with van der Waals surface area (Å²) in [5.74, 6) is 6.34. The van der Waals surface area contributed by atoms with E-state index in [0.29, 0.717) is 0 Å². The van der Waals surface area contributed by atoms with Gasteiger partial charge in [-0.2, -0.15) is 0 Å². The van der Waals surface area contributed by atoms with Crippen LogP contribution in [-0.2, 0) is 6.54 Å². The first-order valence-corrected chi connectivity index (χ1v) is 6.26. The largest absolute Gasteiger partial charge is 0.332 e. The maximum absolute atomic E-state index is 3.18. The van der Waals surface area contributed by atoms with Crippen LogP contribution in [0, 0.1) is 18.8 Å². The molecule has 1 heteroatoms. The monoisotopic (exact) mass is 236 g/mol. The highest BCUT2D eigenvalue weighted by atomic mass is 14.8. The summed E-state index contributed by atoms with van der Waals surface area (Å²) in [6, 6.07) is 18.8. The minimum absolute atomic E-state index is 0.836. The van der Waals surface area contributed by atoms with Crippen LogP contribution in [0.2, 0.25) is 0 Å². The van der Waals surface area contributed by atoms with Crippen molar-refractivity contribution >= 4 is 0 Å². The van der Waals surface area contributed by atoms with Crippen molar-refractivity contribution in [2.24, 2.45) is 0 Å². The van der Waals surface area contributed by atoms with Crippen molar-refractivity contribution in [3.05, 3.63) is 71.3 Å². The van der Waals surface area contributed by atoms with E-state index in [9.17, 15) is 0 Å². The molecule has 2 N–H and O–H groups in total. The molecule has 0 aromatic heterocycles. The van der Waals surface area contributed by atoms with Crippen LogP contribution in [0.5, 0.6) is 0 Å². The van der Waals surface area contributed by atoms with Crippen molar-refractivity contribution in [2.45, 2.75) is 13.5 Å². The fourth-order valence-corrected chi connectivity index (χ4v) is 1.71. The maximum atomic E-state index is 3.18. The zero-order chi connectivity index (χ0) is 12.6. The molecule has 0 heterocycles. The van der Waals surface area contributed by atoms with Crippen molar-refractivity contribution in [2.75, 3.05) is 6.54 Å². The summed E-state index contributed by atoms with van der Waals surface area (Å²) in [5, 5.41) is 2.22. The Kier molecular flexibility index (Phi) is 4.58. The van der Waals surface area contributed by atoms with E-state index in [1.165, 1.54) is 11.1 Å². The van der Waals surface area contributed by atoms with Crippen molar-refractivity contribution in [3.8, 4) is 11.8 Å². The highest BCUT2D eigenvalue weighted by Gasteiger charge is 1.93. The smallest absolute Gasteiger partial charge is 0.138 e. The van der Waals surface area contributed by atoms with Gasteiger partial charge in [0, 0.05) is 11.1 Å². The van der Waals surface area contributed by atoms with Gasteiger partial charge in [-0.05, 0) is 25.0 Å². The first-order valence-electron chi connectivity index (χ1n) is 6.26. The molecule has 90 valence electrons. The number of benzene rings is 2. The SMILES string of the molecule is Cc1ccc(C[NH2+]CC#Cc2ccccc2)cc1. The van der Waals surface area contributed by atoms with Crippen molar-refractivity contribution in [1.29, 1.82) is 0 Å². The molecule has 0 aliphatic carbocycles. The van der Waals surface area contributed by atoms with Gasteiger partial charge >= 0.3 is 0 Å². The third-order valence-electron chi connectivity index (χ3n) is 2.75. The van der Waals surface area contributed by atoms with E-state index in [4.69, 9.17) is 0 Å². The van der Waals surface area contributed by atoms with E-state index >= 15 is 0 Å². The molecule has 0 radical (unpaired) electrons. The highest BCUT2D eigenvalue weighted by Crippen LogP contribution is 2.00. The van der Waals surface area contributed by atoms with Gasteiger partial charge in [0.25, 0.3) is 0 Å². The zero-order valence-electron chi connectivity index (χ0n) is 10.7. The summed E-state index contributed by atoms with van der Waals surface area (Å²) in [7, 11) is 0. The van der Waals surface area contributed by atoms with Gasteiger partial charge in [0.05, 0.1) is 0 Å². The lowest BCUT2D eigenvalue weighted by Gasteiger charge is -1.98. The Bertz CT molecular complexity index is 529. The molecule has 18 heavy (non-hydrogen) atoms. The predicted molar refractivity (Wildman–Crippen MR) is 75.0 cm³/mol. The van der Waals surface area contributed by atoms with Gasteiger partial charge in [-0.3, -0.25) is 0 Å². The number of quaternary nitrogens is 1. The molecular formula is C17H18N+. The Labute approximate surface area is 109 Å². The quantitative estimate of drug-likeness (QED) is 0.621. The zero-order valence-corrected chi connectivity index (χ0v) is 10.7. The Morgan fingerprint density at radius 3 is 2.39 bits per heavy atom. The topological polar surface area (TPSA) is 16.6 Å². The van der Waals surface area contributed by atoms with E-state index in [1.807, 2.05) is 30.3 Å². The van der Waals surface area contributed by atoms with Crippen LogP contribution in [0.1, 0.15) is 16.7 Å². The first-order chi connectivity index (χ1) is 8.84. The Balaban J connectivity index is 1.77. The molecule has 0 atom stereocenters. The second-order valence-electron chi connectivity index (χ2n) is 4.35. The van der Waals surface area contributed by atoms with Crippen molar-refractivity contribution in [3.63, 3.8) is 0 Å². The minimum Gasteiger partial charge on any atom is -0.332 e. The molecule has 2 aromatic rings.